The Bertz CT molecular complexity index is 1010. The molecule has 1 heterocycles. The van der Waals surface area contributed by atoms with Crippen molar-refractivity contribution in [2.45, 2.75) is 16.0 Å². The molecule has 0 saturated carbocycles. The second-order valence-electron chi connectivity index (χ2n) is 5.89. The molecule has 0 saturated heterocycles. The molecule has 3 rings (SSSR count). The quantitative estimate of drug-likeness (QED) is 0.291. The van der Waals surface area contributed by atoms with Gasteiger partial charge in [-0.1, -0.05) is 48.2 Å². The van der Waals surface area contributed by atoms with Gasteiger partial charge in [0.05, 0.1) is 5.52 Å². The second kappa shape index (κ2) is 9.84. The second-order valence-corrected chi connectivity index (χ2v) is 8.01. The summed E-state index contributed by atoms with van der Waals surface area (Å²) in [5.74, 6) is 0.195. The number of alkyl halides is 3. The number of fused-ring (bicyclic) bond motifs is 1. The summed E-state index contributed by atoms with van der Waals surface area (Å²) in [5, 5.41) is 5.10. The fraction of sp³-hybridized carbons (Fsp3) is 0.143. The van der Waals surface area contributed by atoms with Crippen LogP contribution >= 0.6 is 23.5 Å². The molecule has 0 aliphatic carbocycles. The van der Waals surface area contributed by atoms with Gasteiger partial charge in [-0.05, 0) is 29.7 Å². The van der Waals surface area contributed by atoms with Gasteiger partial charge in [0.15, 0.2) is 0 Å². The van der Waals surface area contributed by atoms with Gasteiger partial charge in [-0.15, -0.1) is 11.8 Å². The summed E-state index contributed by atoms with van der Waals surface area (Å²) in [6.07, 6.45) is -3.07. The van der Waals surface area contributed by atoms with Crippen molar-refractivity contribution in [1.82, 2.24) is 10.3 Å². The number of carbonyl (C=O) groups excluding carboxylic acids is 1. The lowest BCUT2D eigenvalue weighted by atomic mass is 10.2. The lowest BCUT2D eigenvalue weighted by molar-refractivity contribution is -0.141. The topological polar surface area (TPSA) is 42.0 Å². The van der Waals surface area contributed by atoms with Crippen LogP contribution in [0.15, 0.2) is 81.9 Å². The minimum Gasteiger partial charge on any atom is -0.352 e. The van der Waals surface area contributed by atoms with E-state index in [1.807, 2.05) is 30.3 Å². The Kier molecular flexibility index (Phi) is 7.22. The largest absolute Gasteiger partial charge is 0.433 e. The molecule has 8 heteroatoms. The number of rotatable bonds is 7. The smallest absolute Gasteiger partial charge is 0.352 e. The van der Waals surface area contributed by atoms with Crippen LogP contribution in [-0.4, -0.2) is 23.2 Å². The van der Waals surface area contributed by atoms with Crippen LogP contribution < -0.4 is 5.32 Å². The van der Waals surface area contributed by atoms with Crippen LogP contribution in [0.1, 0.15) is 5.69 Å². The minimum absolute atomic E-state index is 0.246. The Hall–Kier alpha value is -2.45. The number of nitrogens with zero attached hydrogens (tertiary/aromatic N) is 1. The summed E-state index contributed by atoms with van der Waals surface area (Å²) in [6, 6.07) is 17.4. The lowest BCUT2D eigenvalue weighted by Gasteiger charge is -2.11. The summed E-state index contributed by atoms with van der Waals surface area (Å²) in [4.78, 5) is 17.1. The standard InChI is InChI=1S/C21H17F3N2OS2/c22-21(23,24)19-14-18(16-8-4-5-9-17(16)26-19)29-13-11-25-20(27)10-12-28-15-6-2-1-3-7-15/h1-10,12,14H,11,13H2,(H,25,27). The summed E-state index contributed by atoms with van der Waals surface area (Å²) < 4.78 is 39.3. The zero-order valence-electron chi connectivity index (χ0n) is 15.1. The number of benzene rings is 2. The third-order valence-corrected chi connectivity index (χ3v) is 5.67. The normalized spacial score (nSPS) is 11.8. The van der Waals surface area contributed by atoms with Crippen molar-refractivity contribution in [1.29, 1.82) is 0 Å². The van der Waals surface area contributed by atoms with Crippen LogP contribution in [-0.2, 0) is 11.0 Å². The van der Waals surface area contributed by atoms with E-state index in [1.54, 1.807) is 29.7 Å². The van der Waals surface area contributed by atoms with E-state index < -0.39 is 11.9 Å². The number of halogens is 3. The zero-order chi connectivity index (χ0) is 20.7. The lowest BCUT2D eigenvalue weighted by Crippen LogP contribution is -2.23. The minimum atomic E-state index is -4.51. The van der Waals surface area contributed by atoms with E-state index >= 15 is 0 Å². The number of para-hydroxylation sites is 1. The Morgan fingerprint density at radius 1 is 1.07 bits per heavy atom. The highest BCUT2D eigenvalue weighted by molar-refractivity contribution is 8.02. The number of thioether (sulfide) groups is 2. The fourth-order valence-electron chi connectivity index (χ4n) is 2.48. The van der Waals surface area contributed by atoms with Gasteiger partial charge in [-0.3, -0.25) is 4.79 Å². The first kappa shape index (κ1) is 21.3. The van der Waals surface area contributed by atoms with E-state index in [-0.39, 0.29) is 5.91 Å². The van der Waals surface area contributed by atoms with Crippen LogP contribution in [0, 0.1) is 0 Å². The first-order valence-corrected chi connectivity index (χ1v) is 10.6. The van der Waals surface area contributed by atoms with E-state index in [0.29, 0.717) is 28.1 Å². The maximum atomic E-state index is 13.1. The molecule has 150 valence electrons. The first-order valence-electron chi connectivity index (χ1n) is 8.69. The Morgan fingerprint density at radius 2 is 1.79 bits per heavy atom. The van der Waals surface area contributed by atoms with E-state index in [4.69, 9.17) is 0 Å². The van der Waals surface area contributed by atoms with Crippen LogP contribution in [0.2, 0.25) is 0 Å². The third-order valence-electron chi connectivity index (χ3n) is 3.79. The summed E-state index contributed by atoms with van der Waals surface area (Å²) >= 11 is 2.69. The van der Waals surface area contributed by atoms with Gasteiger partial charge >= 0.3 is 6.18 Å². The first-order chi connectivity index (χ1) is 13.9. The van der Waals surface area contributed by atoms with Crippen molar-refractivity contribution >= 4 is 40.3 Å². The van der Waals surface area contributed by atoms with Crippen molar-refractivity contribution in [3.8, 4) is 0 Å². The third kappa shape index (κ3) is 6.27. The molecule has 0 spiro atoms. The van der Waals surface area contributed by atoms with E-state index in [1.165, 1.54) is 29.6 Å². The van der Waals surface area contributed by atoms with Crippen molar-refractivity contribution in [2.75, 3.05) is 12.3 Å². The van der Waals surface area contributed by atoms with Crippen molar-refractivity contribution in [3.63, 3.8) is 0 Å². The van der Waals surface area contributed by atoms with Crippen LogP contribution in [0.4, 0.5) is 13.2 Å². The summed E-state index contributed by atoms with van der Waals surface area (Å²) in [7, 11) is 0. The predicted molar refractivity (Wildman–Crippen MR) is 112 cm³/mol. The molecule has 1 amide bonds. The molecule has 0 fully saturated rings. The number of aromatic nitrogens is 1. The molecule has 3 nitrogen and oxygen atoms in total. The Labute approximate surface area is 174 Å². The average molecular weight is 435 g/mol. The van der Waals surface area contributed by atoms with E-state index in [0.717, 1.165) is 11.0 Å². The maximum absolute atomic E-state index is 13.1. The number of hydrogen-bond acceptors (Lipinski definition) is 4. The molecule has 0 radical (unpaired) electrons. The van der Waals surface area contributed by atoms with Crippen LogP contribution in [0.3, 0.4) is 0 Å². The van der Waals surface area contributed by atoms with Crippen molar-refractivity contribution < 1.29 is 18.0 Å². The molecule has 0 bridgehead atoms. The summed E-state index contributed by atoms with van der Waals surface area (Å²) in [6.45, 7) is 0.335. The van der Waals surface area contributed by atoms with Gasteiger partial charge in [0.1, 0.15) is 5.69 Å². The monoisotopic (exact) mass is 434 g/mol. The number of hydrogen-bond donors (Lipinski definition) is 1. The van der Waals surface area contributed by atoms with Crippen LogP contribution in [0.5, 0.6) is 0 Å². The highest BCUT2D eigenvalue weighted by Gasteiger charge is 2.33. The van der Waals surface area contributed by atoms with Crippen LogP contribution in [0.25, 0.3) is 10.9 Å². The Morgan fingerprint density at radius 3 is 2.55 bits per heavy atom. The number of amides is 1. The fourth-order valence-corrected chi connectivity index (χ4v) is 4.09. The van der Waals surface area contributed by atoms with E-state index in [9.17, 15) is 18.0 Å². The molecule has 0 unspecified atom stereocenters. The predicted octanol–water partition coefficient (Wildman–Crippen LogP) is 5.77. The highest BCUT2D eigenvalue weighted by Crippen LogP contribution is 2.34. The Balaban J connectivity index is 1.55. The van der Waals surface area contributed by atoms with Gasteiger partial charge in [-0.25, -0.2) is 4.98 Å². The molecular weight excluding hydrogens is 417 g/mol. The zero-order valence-corrected chi connectivity index (χ0v) is 16.8. The van der Waals surface area contributed by atoms with E-state index in [2.05, 4.69) is 10.3 Å². The molecule has 1 N–H and O–H groups in total. The maximum Gasteiger partial charge on any atom is 0.433 e. The van der Waals surface area contributed by atoms with Gasteiger partial charge in [0, 0.05) is 33.6 Å². The number of pyridine rings is 1. The highest BCUT2D eigenvalue weighted by atomic mass is 32.2. The molecule has 29 heavy (non-hydrogen) atoms. The van der Waals surface area contributed by atoms with Gasteiger partial charge in [-0.2, -0.15) is 13.2 Å². The van der Waals surface area contributed by atoms with Crippen molar-refractivity contribution in [2.24, 2.45) is 0 Å². The summed E-state index contributed by atoms with van der Waals surface area (Å²) in [5.41, 5.74) is -0.613. The van der Waals surface area contributed by atoms with Gasteiger partial charge in [0.25, 0.3) is 0 Å². The average Bonchev–Trinajstić information content (AvgIpc) is 2.71. The number of nitrogens with one attached hydrogen (secondary N) is 1. The SMILES string of the molecule is O=C(C=CSc1ccccc1)NCCSc1cc(C(F)(F)F)nc2ccccc12. The molecule has 3 aromatic rings. The van der Waals surface area contributed by atoms with Gasteiger partial charge < -0.3 is 5.32 Å². The van der Waals surface area contributed by atoms with Crippen molar-refractivity contribution in [3.05, 3.63) is 77.8 Å². The number of carbonyl (C=O) groups is 1. The molecule has 2 aromatic carbocycles. The molecular formula is C21H17F3N2OS2. The molecule has 0 aliphatic rings. The molecule has 0 atom stereocenters. The molecule has 1 aromatic heterocycles. The van der Waals surface area contributed by atoms with Gasteiger partial charge in [0.2, 0.25) is 5.91 Å². The molecule has 0 aliphatic heterocycles.